The molecule has 1 fully saturated rings. The minimum absolute atomic E-state index is 0.505. The minimum atomic E-state index is -0.573. The van der Waals surface area contributed by atoms with Crippen molar-refractivity contribution in [2.24, 2.45) is 4.99 Å². The van der Waals surface area contributed by atoms with E-state index in [0.717, 1.165) is 24.8 Å². The van der Waals surface area contributed by atoms with Gasteiger partial charge in [-0.3, -0.25) is 0 Å². The number of aliphatic imine (C=N–C) groups is 1. The van der Waals surface area contributed by atoms with Crippen molar-refractivity contribution < 1.29 is 14.3 Å². The van der Waals surface area contributed by atoms with E-state index in [1.165, 1.54) is 0 Å². The number of methoxy groups -OCH3 is 2. The molecular formula is C13H14ClNO3. The number of hydrogen-bond acceptors (Lipinski definition) is 4. The first-order chi connectivity index (χ1) is 8.66. The second-order valence-electron chi connectivity index (χ2n) is 4.27. The summed E-state index contributed by atoms with van der Waals surface area (Å²) in [5, 5.41) is 0.505. The van der Waals surface area contributed by atoms with Crippen molar-refractivity contribution in [3.8, 4) is 11.5 Å². The van der Waals surface area contributed by atoms with Gasteiger partial charge in [0.1, 0.15) is 17.0 Å². The highest BCUT2D eigenvalue weighted by Gasteiger charge is 2.43. The van der Waals surface area contributed by atoms with E-state index in [4.69, 9.17) is 21.1 Å². The Morgan fingerprint density at radius 3 is 2.50 bits per heavy atom. The van der Waals surface area contributed by atoms with Gasteiger partial charge in [0, 0.05) is 11.6 Å². The zero-order valence-corrected chi connectivity index (χ0v) is 11.1. The maximum atomic E-state index is 10.6. The fourth-order valence-corrected chi connectivity index (χ4v) is 2.68. The highest BCUT2D eigenvalue weighted by molar-refractivity contribution is 6.31. The molecule has 0 aromatic heterocycles. The fraction of sp³-hybridized carbons (Fsp3) is 0.462. The summed E-state index contributed by atoms with van der Waals surface area (Å²) in [6, 6.07) is 3.46. The number of benzene rings is 1. The molecule has 0 amide bonds. The van der Waals surface area contributed by atoms with E-state index in [2.05, 4.69) is 4.99 Å². The molecule has 96 valence electrons. The van der Waals surface area contributed by atoms with E-state index < -0.39 is 5.54 Å². The second kappa shape index (κ2) is 5.01. The lowest BCUT2D eigenvalue weighted by Crippen LogP contribution is -2.32. The molecule has 0 bridgehead atoms. The van der Waals surface area contributed by atoms with Gasteiger partial charge >= 0.3 is 0 Å². The molecule has 1 aromatic carbocycles. The standard InChI is InChI=1S/C13H14ClNO3/c1-17-9-6-10(14)12(11(7-9)18-2)13(15-8-16)4-3-5-13/h6-7H,3-5H2,1-2H3. The Hall–Kier alpha value is -1.51. The molecule has 0 radical (unpaired) electrons. The summed E-state index contributed by atoms with van der Waals surface area (Å²) in [4.78, 5) is 14.6. The molecular weight excluding hydrogens is 254 g/mol. The van der Waals surface area contributed by atoms with E-state index in [9.17, 15) is 4.79 Å². The van der Waals surface area contributed by atoms with Gasteiger partial charge < -0.3 is 9.47 Å². The molecule has 0 heterocycles. The van der Waals surface area contributed by atoms with Gasteiger partial charge in [0.25, 0.3) is 0 Å². The first kappa shape index (κ1) is 12.9. The molecule has 0 saturated heterocycles. The Labute approximate surface area is 111 Å². The summed E-state index contributed by atoms with van der Waals surface area (Å²) in [5.41, 5.74) is 0.179. The summed E-state index contributed by atoms with van der Waals surface area (Å²) >= 11 is 6.28. The minimum Gasteiger partial charge on any atom is -0.497 e. The molecule has 1 aliphatic carbocycles. The molecule has 0 N–H and O–H groups in total. The van der Waals surface area contributed by atoms with Crippen LogP contribution in [0.1, 0.15) is 24.8 Å². The lowest BCUT2D eigenvalue weighted by Gasteiger charge is -2.38. The predicted octanol–water partition coefficient (Wildman–Crippen LogP) is 3.07. The molecule has 1 aromatic rings. The molecule has 18 heavy (non-hydrogen) atoms. The summed E-state index contributed by atoms with van der Waals surface area (Å²) in [7, 11) is 3.12. The van der Waals surface area contributed by atoms with E-state index in [-0.39, 0.29) is 0 Å². The van der Waals surface area contributed by atoms with Crippen molar-refractivity contribution in [1.82, 2.24) is 0 Å². The number of rotatable bonds is 4. The van der Waals surface area contributed by atoms with Crippen molar-refractivity contribution in [2.45, 2.75) is 24.8 Å². The molecule has 5 heteroatoms. The van der Waals surface area contributed by atoms with E-state index >= 15 is 0 Å². The molecule has 1 saturated carbocycles. The molecule has 4 nitrogen and oxygen atoms in total. The van der Waals surface area contributed by atoms with Gasteiger partial charge in [0.2, 0.25) is 6.08 Å². The van der Waals surface area contributed by atoms with Crippen LogP contribution in [0.15, 0.2) is 17.1 Å². The molecule has 2 rings (SSSR count). The van der Waals surface area contributed by atoms with Crippen molar-refractivity contribution >= 4 is 17.7 Å². The number of ether oxygens (including phenoxy) is 2. The second-order valence-corrected chi connectivity index (χ2v) is 4.68. The van der Waals surface area contributed by atoms with Crippen LogP contribution >= 0.6 is 11.6 Å². The molecule has 1 aliphatic rings. The summed E-state index contributed by atoms with van der Waals surface area (Å²) in [6.07, 6.45) is 4.22. The van der Waals surface area contributed by atoms with Crippen LogP contribution in [-0.4, -0.2) is 20.3 Å². The average Bonchev–Trinajstić information content (AvgIpc) is 2.33. The van der Waals surface area contributed by atoms with Crippen molar-refractivity contribution in [1.29, 1.82) is 0 Å². The lowest BCUT2D eigenvalue weighted by atomic mass is 9.72. The lowest BCUT2D eigenvalue weighted by molar-refractivity contribution is 0.245. The third-order valence-corrected chi connectivity index (χ3v) is 3.69. The Balaban J connectivity index is 2.59. The summed E-state index contributed by atoms with van der Waals surface area (Å²) in [5.74, 6) is 1.21. The molecule has 0 atom stereocenters. The van der Waals surface area contributed by atoms with E-state index in [1.54, 1.807) is 32.4 Å². The van der Waals surface area contributed by atoms with Gasteiger partial charge in [-0.2, -0.15) is 4.99 Å². The van der Waals surface area contributed by atoms with Crippen LogP contribution in [0, 0.1) is 0 Å². The summed E-state index contributed by atoms with van der Waals surface area (Å²) < 4.78 is 10.5. The first-order valence-electron chi connectivity index (χ1n) is 5.68. The maximum absolute atomic E-state index is 10.6. The highest BCUT2D eigenvalue weighted by Crippen LogP contribution is 2.51. The molecule has 0 aliphatic heterocycles. The monoisotopic (exact) mass is 267 g/mol. The average molecular weight is 268 g/mol. The van der Waals surface area contributed by atoms with Crippen LogP contribution in [-0.2, 0) is 10.3 Å². The van der Waals surface area contributed by atoms with Gasteiger partial charge in [0.05, 0.1) is 19.2 Å². The van der Waals surface area contributed by atoms with E-state index in [0.29, 0.717) is 16.5 Å². The van der Waals surface area contributed by atoms with Gasteiger partial charge in [-0.15, -0.1) is 0 Å². The van der Waals surface area contributed by atoms with Crippen LogP contribution in [0.4, 0.5) is 0 Å². The van der Waals surface area contributed by atoms with Crippen molar-refractivity contribution in [2.75, 3.05) is 14.2 Å². The van der Waals surface area contributed by atoms with Crippen molar-refractivity contribution in [3.05, 3.63) is 22.7 Å². The predicted molar refractivity (Wildman–Crippen MR) is 68.2 cm³/mol. The third kappa shape index (κ3) is 1.98. The smallest absolute Gasteiger partial charge is 0.235 e. The van der Waals surface area contributed by atoms with Gasteiger partial charge in [-0.25, -0.2) is 4.79 Å². The van der Waals surface area contributed by atoms with Crippen molar-refractivity contribution in [3.63, 3.8) is 0 Å². The maximum Gasteiger partial charge on any atom is 0.235 e. The number of nitrogens with zero attached hydrogens (tertiary/aromatic N) is 1. The van der Waals surface area contributed by atoms with Crippen LogP contribution < -0.4 is 9.47 Å². The van der Waals surface area contributed by atoms with Crippen LogP contribution in [0.5, 0.6) is 11.5 Å². The number of hydrogen-bond donors (Lipinski definition) is 0. The van der Waals surface area contributed by atoms with Crippen LogP contribution in [0.2, 0.25) is 5.02 Å². The fourth-order valence-electron chi connectivity index (χ4n) is 2.30. The Morgan fingerprint density at radius 1 is 1.33 bits per heavy atom. The zero-order valence-electron chi connectivity index (χ0n) is 10.3. The normalized spacial score (nSPS) is 16.4. The van der Waals surface area contributed by atoms with Gasteiger partial charge in [0.15, 0.2) is 0 Å². The van der Waals surface area contributed by atoms with Crippen LogP contribution in [0.3, 0.4) is 0 Å². The highest BCUT2D eigenvalue weighted by atomic mass is 35.5. The number of halogens is 1. The van der Waals surface area contributed by atoms with Crippen LogP contribution in [0.25, 0.3) is 0 Å². The Bertz CT molecular complexity index is 505. The van der Waals surface area contributed by atoms with E-state index in [1.807, 2.05) is 0 Å². The first-order valence-corrected chi connectivity index (χ1v) is 6.05. The SMILES string of the molecule is COc1cc(Cl)c(C2(N=C=O)CCC2)c(OC)c1. The molecule has 0 unspecified atom stereocenters. The topological polar surface area (TPSA) is 47.9 Å². The number of carbonyl (C=O) groups excluding carboxylic acids is 1. The number of isocyanates is 1. The summed E-state index contributed by atoms with van der Waals surface area (Å²) in [6.45, 7) is 0. The largest absolute Gasteiger partial charge is 0.497 e. The quantitative estimate of drug-likeness (QED) is 0.622. The Kier molecular flexibility index (Phi) is 3.60. The molecule has 0 spiro atoms. The zero-order chi connectivity index (χ0) is 13.2. The van der Waals surface area contributed by atoms with Gasteiger partial charge in [-0.05, 0) is 25.3 Å². The van der Waals surface area contributed by atoms with Gasteiger partial charge in [-0.1, -0.05) is 11.6 Å². The Morgan fingerprint density at radius 2 is 2.06 bits per heavy atom. The third-order valence-electron chi connectivity index (χ3n) is 3.39.